The Kier molecular flexibility index (Phi) is 6.95. The highest BCUT2D eigenvalue weighted by Gasteiger charge is 2.54. The van der Waals surface area contributed by atoms with Crippen molar-refractivity contribution >= 4 is 0 Å². The van der Waals surface area contributed by atoms with Crippen LogP contribution in [0.4, 0.5) is 0 Å². The van der Waals surface area contributed by atoms with Gasteiger partial charge in [-0.25, -0.2) is 4.98 Å². The van der Waals surface area contributed by atoms with Crippen LogP contribution in [0, 0.1) is 30.1 Å². The Hall–Kier alpha value is -1.95. The van der Waals surface area contributed by atoms with E-state index in [1.54, 1.807) is 6.26 Å². The fourth-order valence-corrected chi connectivity index (χ4v) is 7.56. The van der Waals surface area contributed by atoms with Crippen molar-refractivity contribution in [3.8, 4) is 0 Å². The maximum absolute atomic E-state index is 11.0. The maximum atomic E-state index is 11.0. The molecule has 196 valence electrons. The van der Waals surface area contributed by atoms with Gasteiger partial charge in [-0.15, -0.1) is 0 Å². The molecule has 3 N–H and O–H groups in total. The summed E-state index contributed by atoms with van der Waals surface area (Å²) < 4.78 is 5.65. The van der Waals surface area contributed by atoms with Gasteiger partial charge in [0.1, 0.15) is 6.26 Å². The monoisotopic (exact) mass is 493 g/mol. The lowest BCUT2D eigenvalue weighted by Crippen LogP contribution is -2.35. The SMILES string of the molecule is C=C1C(=CC=C2CCC[C@]3(C)[C@@H]([C@@H](C)C=C[C@H](O)C4(c5nc(C)co5)CC4)CC[C@@H]23)C[C@@H](O)C[C@@H]1O. The first-order chi connectivity index (χ1) is 17.1. The predicted octanol–water partition coefficient (Wildman–Crippen LogP) is 5.71. The van der Waals surface area contributed by atoms with Gasteiger partial charge in [0.05, 0.1) is 29.4 Å². The highest BCUT2D eigenvalue weighted by Crippen LogP contribution is 2.59. The summed E-state index contributed by atoms with van der Waals surface area (Å²) in [6.45, 7) is 10.8. The molecular weight excluding hydrogens is 450 g/mol. The Balaban J connectivity index is 1.29. The van der Waals surface area contributed by atoms with Crippen molar-refractivity contribution in [2.24, 2.45) is 23.2 Å². The molecule has 7 atom stereocenters. The van der Waals surface area contributed by atoms with Gasteiger partial charge in [-0.3, -0.25) is 0 Å². The summed E-state index contributed by atoms with van der Waals surface area (Å²) in [7, 11) is 0. The number of aliphatic hydroxyl groups is 3. The number of nitrogens with zero attached hydrogens (tertiary/aromatic N) is 1. The number of aryl methyl sites for hydroxylation is 1. The lowest BCUT2D eigenvalue weighted by Gasteiger charge is -2.44. The molecule has 1 aromatic heterocycles. The second-order valence-corrected chi connectivity index (χ2v) is 12.3. The van der Waals surface area contributed by atoms with Crippen molar-refractivity contribution in [3.05, 3.63) is 65.5 Å². The number of aliphatic hydroxyl groups excluding tert-OH is 3. The van der Waals surface area contributed by atoms with Gasteiger partial charge in [0.2, 0.25) is 5.89 Å². The van der Waals surface area contributed by atoms with Crippen LogP contribution >= 0.6 is 0 Å². The van der Waals surface area contributed by atoms with Crippen LogP contribution in [0.25, 0.3) is 0 Å². The average molecular weight is 494 g/mol. The van der Waals surface area contributed by atoms with Crippen LogP contribution in [0.15, 0.2) is 58.3 Å². The summed E-state index contributed by atoms with van der Waals surface area (Å²) >= 11 is 0. The average Bonchev–Trinajstić information content (AvgIpc) is 3.41. The lowest BCUT2D eigenvalue weighted by molar-refractivity contribution is 0.0862. The number of rotatable bonds is 6. The Bertz CT molecular complexity index is 1080. The maximum Gasteiger partial charge on any atom is 0.203 e. The van der Waals surface area contributed by atoms with E-state index in [2.05, 4.69) is 43.6 Å². The fourth-order valence-electron chi connectivity index (χ4n) is 7.56. The van der Waals surface area contributed by atoms with E-state index in [9.17, 15) is 15.3 Å². The molecule has 0 radical (unpaired) electrons. The summed E-state index contributed by atoms with van der Waals surface area (Å²) in [5.74, 6) is 2.20. The number of hydrogen-bond acceptors (Lipinski definition) is 5. The number of hydrogen-bond donors (Lipinski definition) is 3. The van der Waals surface area contributed by atoms with Crippen molar-refractivity contribution in [2.75, 3.05) is 0 Å². The molecule has 1 aromatic rings. The van der Waals surface area contributed by atoms with Gasteiger partial charge in [0, 0.05) is 6.42 Å². The van der Waals surface area contributed by atoms with Crippen LogP contribution in [0.2, 0.25) is 0 Å². The predicted molar refractivity (Wildman–Crippen MR) is 141 cm³/mol. The standard InChI is InChI=1S/C31H43NO4/c1-19(7-12-28(35)31(14-15-31)29-32-20(2)18-36-29)25-10-11-26-22(6-5-13-30(25,26)4)8-9-23-16-24(33)17-27(34)21(23)3/h7-9,12,18-19,24-28,33-35H,3,5-6,10-11,13-17H2,1-2,4H3/t19-,24+,25+,26-,27-,28-,30+/m0/s1. The molecule has 0 bridgehead atoms. The molecule has 0 spiro atoms. The van der Waals surface area contributed by atoms with Crippen LogP contribution in [-0.2, 0) is 5.41 Å². The number of fused-ring (bicyclic) bond motifs is 1. The van der Waals surface area contributed by atoms with Crippen LogP contribution in [-0.4, -0.2) is 38.6 Å². The molecule has 4 aliphatic carbocycles. The molecule has 0 unspecified atom stereocenters. The highest BCUT2D eigenvalue weighted by atomic mass is 16.3. The summed E-state index contributed by atoms with van der Waals surface area (Å²) in [5.41, 5.74) is 4.01. The molecule has 0 aromatic carbocycles. The van der Waals surface area contributed by atoms with E-state index < -0.39 is 18.3 Å². The molecule has 5 rings (SSSR count). The summed E-state index contributed by atoms with van der Waals surface area (Å²) in [4.78, 5) is 4.50. The van der Waals surface area contributed by atoms with Gasteiger partial charge in [-0.05, 0) is 92.6 Å². The first-order valence-corrected chi connectivity index (χ1v) is 13.9. The third kappa shape index (κ3) is 4.59. The Morgan fingerprint density at radius 2 is 1.94 bits per heavy atom. The van der Waals surface area contributed by atoms with Crippen LogP contribution in [0.1, 0.15) is 83.2 Å². The number of aromatic nitrogens is 1. The second kappa shape index (κ2) is 9.74. The van der Waals surface area contributed by atoms with Crippen molar-refractivity contribution in [1.82, 2.24) is 4.98 Å². The molecule has 0 saturated heterocycles. The molecule has 4 saturated carbocycles. The first kappa shape index (κ1) is 25.7. The molecule has 0 aliphatic heterocycles. The van der Waals surface area contributed by atoms with E-state index in [1.165, 1.54) is 31.3 Å². The minimum absolute atomic E-state index is 0.247. The van der Waals surface area contributed by atoms with E-state index in [1.807, 2.05) is 13.0 Å². The topological polar surface area (TPSA) is 86.7 Å². The van der Waals surface area contributed by atoms with Gasteiger partial charge in [0.25, 0.3) is 0 Å². The van der Waals surface area contributed by atoms with Crippen molar-refractivity contribution in [2.45, 2.75) is 102 Å². The normalized spacial score (nSPS) is 38.0. The fraction of sp³-hybridized carbons (Fsp3) is 0.645. The Labute approximate surface area is 215 Å². The van der Waals surface area contributed by atoms with Crippen LogP contribution in [0.5, 0.6) is 0 Å². The summed E-state index contributed by atoms with van der Waals surface area (Å²) in [6, 6.07) is 0. The number of allylic oxidation sites excluding steroid dienone is 4. The zero-order chi connectivity index (χ0) is 25.7. The third-order valence-electron chi connectivity index (χ3n) is 9.93. The van der Waals surface area contributed by atoms with Gasteiger partial charge in [0.15, 0.2) is 0 Å². The van der Waals surface area contributed by atoms with E-state index in [4.69, 9.17) is 4.42 Å². The van der Waals surface area contributed by atoms with E-state index in [0.29, 0.717) is 36.5 Å². The minimum atomic E-state index is -0.642. The summed E-state index contributed by atoms with van der Waals surface area (Å²) in [5, 5.41) is 31.3. The lowest BCUT2D eigenvalue weighted by atomic mass is 9.61. The largest absolute Gasteiger partial charge is 0.448 e. The minimum Gasteiger partial charge on any atom is -0.448 e. The van der Waals surface area contributed by atoms with Crippen LogP contribution < -0.4 is 0 Å². The molecule has 4 fully saturated rings. The zero-order valence-electron chi connectivity index (χ0n) is 22.1. The van der Waals surface area contributed by atoms with Crippen molar-refractivity contribution in [1.29, 1.82) is 0 Å². The molecule has 5 nitrogen and oxygen atoms in total. The summed E-state index contributed by atoms with van der Waals surface area (Å²) in [6.07, 6.45) is 17.3. The number of oxazole rings is 1. The molecule has 36 heavy (non-hydrogen) atoms. The van der Waals surface area contributed by atoms with Crippen molar-refractivity contribution < 1.29 is 19.7 Å². The van der Waals surface area contributed by atoms with Crippen LogP contribution in [0.3, 0.4) is 0 Å². The molecule has 4 aliphatic rings. The highest BCUT2D eigenvalue weighted by molar-refractivity contribution is 5.38. The van der Waals surface area contributed by atoms with E-state index >= 15 is 0 Å². The van der Waals surface area contributed by atoms with E-state index in [0.717, 1.165) is 36.1 Å². The molecular formula is C31H43NO4. The zero-order valence-corrected chi connectivity index (χ0v) is 22.1. The molecule has 5 heteroatoms. The van der Waals surface area contributed by atoms with Gasteiger partial charge in [-0.2, -0.15) is 0 Å². The Morgan fingerprint density at radius 3 is 2.64 bits per heavy atom. The molecule has 0 amide bonds. The third-order valence-corrected chi connectivity index (χ3v) is 9.93. The smallest absolute Gasteiger partial charge is 0.203 e. The second-order valence-electron chi connectivity index (χ2n) is 12.3. The Morgan fingerprint density at radius 1 is 1.17 bits per heavy atom. The van der Waals surface area contributed by atoms with E-state index in [-0.39, 0.29) is 10.8 Å². The van der Waals surface area contributed by atoms with Gasteiger partial charge < -0.3 is 19.7 Å². The van der Waals surface area contributed by atoms with Gasteiger partial charge in [-0.1, -0.05) is 50.3 Å². The van der Waals surface area contributed by atoms with Crippen molar-refractivity contribution in [3.63, 3.8) is 0 Å². The molecule has 1 heterocycles. The quantitative estimate of drug-likeness (QED) is 0.442. The van der Waals surface area contributed by atoms with Gasteiger partial charge >= 0.3 is 0 Å². The first-order valence-electron chi connectivity index (χ1n) is 13.9.